The third kappa shape index (κ3) is 13.3. The summed E-state index contributed by atoms with van der Waals surface area (Å²) in [6.45, 7) is 6.97. The minimum absolute atomic E-state index is 0.0144. The minimum Gasteiger partial charge on any atom is -0.481 e. The van der Waals surface area contributed by atoms with E-state index in [9.17, 15) is 9.59 Å². The van der Waals surface area contributed by atoms with E-state index in [-0.39, 0.29) is 18.9 Å². The summed E-state index contributed by atoms with van der Waals surface area (Å²) in [6, 6.07) is 0. The third-order valence-electron chi connectivity index (χ3n) is 6.03. The van der Waals surface area contributed by atoms with E-state index in [2.05, 4.69) is 41.0 Å². The highest BCUT2D eigenvalue weighted by Gasteiger charge is 2.21. The molecule has 2 aromatic rings. The number of carbonyl (C=O) groups excluding carboxylic acids is 1. The Morgan fingerprint density at radius 2 is 1.14 bits per heavy atom. The van der Waals surface area contributed by atoms with Crippen LogP contribution in [0.25, 0.3) is 0 Å². The van der Waals surface area contributed by atoms with E-state index < -0.39 is 5.97 Å². The molecule has 43 heavy (non-hydrogen) atoms. The SMILES string of the molecule is C#Cc1cnc(N2CCN(c3ncc(C(=O)NCCOCCOCCOCCOCCOCCC(=O)O)cn3)CC2)nc1. The second-order valence-electron chi connectivity index (χ2n) is 9.12. The maximum Gasteiger partial charge on any atom is 0.305 e. The molecule has 1 aliphatic heterocycles. The van der Waals surface area contributed by atoms with Gasteiger partial charge < -0.3 is 43.9 Å². The molecule has 1 amide bonds. The molecule has 1 aliphatic rings. The Morgan fingerprint density at radius 1 is 0.721 bits per heavy atom. The highest BCUT2D eigenvalue weighted by atomic mass is 16.6. The fourth-order valence-electron chi connectivity index (χ4n) is 3.75. The van der Waals surface area contributed by atoms with Crippen LogP contribution in [0.4, 0.5) is 11.9 Å². The number of hydrogen-bond acceptors (Lipinski definition) is 13. The number of nitrogens with zero attached hydrogens (tertiary/aromatic N) is 6. The topological polar surface area (TPSA) is 171 Å². The van der Waals surface area contributed by atoms with Gasteiger partial charge in [0.15, 0.2) is 0 Å². The van der Waals surface area contributed by atoms with Gasteiger partial charge in [0.1, 0.15) is 0 Å². The lowest BCUT2D eigenvalue weighted by Crippen LogP contribution is -2.47. The summed E-state index contributed by atoms with van der Waals surface area (Å²) in [5, 5.41) is 11.3. The molecule has 1 fully saturated rings. The molecule has 234 valence electrons. The van der Waals surface area contributed by atoms with Crippen LogP contribution in [0.3, 0.4) is 0 Å². The zero-order valence-electron chi connectivity index (χ0n) is 24.2. The quantitative estimate of drug-likeness (QED) is 0.143. The van der Waals surface area contributed by atoms with Crippen molar-refractivity contribution in [3.8, 4) is 12.3 Å². The van der Waals surface area contributed by atoms with E-state index in [1.54, 1.807) is 12.4 Å². The van der Waals surface area contributed by atoms with Crippen LogP contribution in [0.1, 0.15) is 22.3 Å². The second kappa shape index (κ2) is 20.1. The fraction of sp³-hybridized carbons (Fsp3) is 0.571. The summed E-state index contributed by atoms with van der Waals surface area (Å²) in [5.41, 5.74) is 1.02. The predicted molar refractivity (Wildman–Crippen MR) is 155 cm³/mol. The van der Waals surface area contributed by atoms with Crippen molar-refractivity contribution in [1.82, 2.24) is 25.3 Å². The number of nitrogens with one attached hydrogen (secondary N) is 1. The monoisotopic (exact) mass is 601 g/mol. The van der Waals surface area contributed by atoms with E-state index in [1.807, 2.05) is 0 Å². The Morgan fingerprint density at radius 3 is 1.58 bits per heavy atom. The van der Waals surface area contributed by atoms with Gasteiger partial charge in [-0.25, -0.2) is 19.9 Å². The summed E-state index contributed by atoms with van der Waals surface area (Å²) < 4.78 is 26.7. The number of carboxylic acids is 1. The van der Waals surface area contributed by atoms with Gasteiger partial charge in [0.25, 0.3) is 5.91 Å². The van der Waals surface area contributed by atoms with Crippen molar-refractivity contribution < 1.29 is 38.4 Å². The van der Waals surface area contributed by atoms with Crippen molar-refractivity contribution in [1.29, 1.82) is 0 Å². The Hall–Kier alpha value is -3.94. The number of terminal acetylenes is 1. The van der Waals surface area contributed by atoms with Crippen molar-refractivity contribution in [2.75, 3.05) is 109 Å². The van der Waals surface area contributed by atoms with Crippen LogP contribution in [0.5, 0.6) is 0 Å². The first-order valence-electron chi connectivity index (χ1n) is 14.1. The number of amides is 1. The van der Waals surface area contributed by atoms with Gasteiger partial charge in [-0.1, -0.05) is 5.92 Å². The van der Waals surface area contributed by atoms with Crippen LogP contribution >= 0.6 is 0 Å². The number of carbonyl (C=O) groups is 2. The number of aromatic nitrogens is 4. The van der Waals surface area contributed by atoms with Crippen molar-refractivity contribution >= 4 is 23.8 Å². The fourth-order valence-corrected chi connectivity index (χ4v) is 3.75. The van der Waals surface area contributed by atoms with E-state index in [4.69, 9.17) is 35.2 Å². The molecule has 0 spiro atoms. The molecule has 15 nitrogen and oxygen atoms in total. The zero-order valence-corrected chi connectivity index (χ0v) is 24.2. The summed E-state index contributed by atoms with van der Waals surface area (Å²) in [6.07, 6.45) is 11.7. The average Bonchev–Trinajstić information content (AvgIpc) is 3.04. The zero-order chi connectivity index (χ0) is 30.5. The van der Waals surface area contributed by atoms with Gasteiger partial charge >= 0.3 is 5.97 Å². The van der Waals surface area contributed by atoms with Crippen LogP contribution in [-0.4, -0.2) is 136 Å². The lowest BCUT2D eigenvalue weighted by atomic mass is 10.3. The number of anilines is 2. The second-order valence-corrected chi connectivity index (χ2v) is 9.12. The van der Waals surface area contributed by atoms with Crippen LogP contribution in [0.15, 0.2) is 24.8 Å². The predicted octanol–water partition coefficient (Wildman–Crippen LogP) is -0.138. The van der Waals surface area contributed by atoms with Crippen molar-refractivity contribution in [3.63, 3.8) is 0 Å². The third-order valence-corrected chi connectivity index (χ3v) is 6.03. The highest BCUT2D eigenvalue weighted by molar-refractivity contribution is 5.93. The molecule has 0 unspecified atom stereocenters. The number of piperazine rings is 1. The largest absolute Gasteiger partial charge is 0.481 e. The summed E-state index contributed by atoms with van der Waals surface area (Å²) in [5.74, 6) is 2.57. The maximum absolute atomic E-state index is 12.4. The van der Waals surface area contributed by atoms with Gasteiger partial charge in [0.05, 0.1) is 83.6 Å². The van der Waals surface area contributed by atoms with E-state index >= 15 is 0 Å². The molecular weight excluding hydrogens is 562 g/mol. The van der Waals surface area contributed by atoms with Gasteiger partial charge in [-0.2, -0.15) is 0 Å². The normalized spacial score (nSPS) is 13.1. The summed E-state index contributed by atoms with van der Waals surface area (Å²) in [7, 11) is 0. The van der Waals surface area contributed by atoms with E-state index in [0.717, 1.165) is 0 Å². The Kier molecular flexibility index (Phi) is 15.6. The lowest BCUT2D eigenvalue weighted by Gasteiger charge is -2.34. The van der Waals surface area contributed by atoms with Gasteiger partial charge in [-0.05, 0) is 0 Å². The van der Waals surface area contributed by atoms with E-state index in [0.29, 0.717) is 115 Å². The number of aliphatic carboxylic acids is 1. The number of rotatable bonds is 21. The molecule has 2 N–H and O–H groups in total. The molecule has 0 atom stereocenters. The molecule has 3 rings (SSSR count). The first kappa shape index (κ1) is 33.6. The molecule has 2 aromatic heterocycles. The number of carboxylic acid groups (broad SMARTS) is 1. The first-order chi connectivity index (χ1) is 21.1. The maximum atomic E-state index is 12.4. The van der Waals surface area contributed by atoms with Crippen molar-refractivity contribution in [3.05, 3.63) is 35.9 Å². The molecule has 3 heterocycles. The molecular formula is C28H39N7O8. The van der Waals surface area contributed by atoms with Crippen LogP contribution in [-0.2, 0) is 28.5 Å². The molecule has 1 saturated heterocycles. The average molecular weight is 602 g/mol. The van der Waals surface area contributed by atoms with Crippen LogP contribution < -0.4 is 15.1 Å². The molecule has 0 radical (unpaired) electrons. The van der Waals surface area contributed by atoms with Gasteiger partial charge in [0, 0.05) is 57.5 Å². The molecule has 0 saturated carbocycles. The number of hydrogen-bond donors (Lipinski definition) is 2. The molecule has 0 aromatic carbocycles. The smallest absolute Gasteiger partial charge is 0.305 e. The van der Waals surface area contributed by atoms with Crippen LogP contribution in [0.2, 0.25) is 0 Å². The van der Waals surface area contributed by atoms with Gasteiger partial charge in [-0.3, -0.25) is 9.59 Å². The Labute approximate surface area is 250 Å². The van der Waals surface area contributed by atoms with Crippen molar-refractivity contribution in [2.45, 2.75) is 6.42 Å². The minimum atomic E-state index is -0.884. The van der Waals surface area contributed by atoms with Gasteiger partial charge in [-0.15, -0.1) is 6.42 Å². The Balaban J connectivity index is 1.14. The number of ether oxygens (including phenoxy) is 5. The highest BCUT2D eigenvalue weighted by Crippen LogP contribution is 2.14. The standard InChI is InChI=1S/C28H39N7O8/c1-2-23-19-30-27(31-20-23)34-5-7-35(8-6-34)28-32-21-24(22-33-28)26(38)29-4-10-40-12-14-42-16-18-43-17-15-41-13-11-39-9-3-25(36)37/h1,19-22H,3-18H2,(H,29,38)(H,36,37). The molecule has 0 aliphatic carbocycles. The van der Waals surface area contributed by atoms with Crippen molar-refractivity contribution in [2.24, 2.45) is 0 Å². The molecule has 0 bridgehead atoms. The first-order valence-corrected chi connectivity index (χ1v) is 14.1. The van der Waals surface area contributed by atoms with Gasteiger partial charge in [0.2, 0.25) is 11.9 Å². The van der Waals surface area contributed by atoms with E-state index in [1.165, 1.54) is 12.4 Å². The lowest BCUT2D eigenvalue weighted by molar-refractivity contribution is -0.138. The Bertz CT molecular complexity index is 1120. The summed E-state index contributed by atoms with van der Waals surface area (Å²) >= 11 is 0. The molecule has 15 heteroatoms. The van der Waals surface area contributed by atoms with Crippen LogP contribution in [0, 0.1) is 12.3 Å². The summed E-state index contributed by atoms with van der Waals surface area (Å²) in [4.78, 5) is 44.3.